The third-order valence-corrected chi connectivity index (χ3v) is 5.82. The summed E-state index contributed by atoms with van der Waals surface area (Å²) in [5.74, 6) is 7.47. The van der Waals surface area contributed by atoms with E-state index in [2.05, 4.69) is 81.1 Å². The topological polar surface area (TPSA) is 0 Å². The Morgan fingerprint density at radius 2 is 1.00 bits per heavy atom. The standard InChI is InChI=1S/C30H42/c1-4-5-6-7-8-11-14-27-16-20-29(21-17-27)24-25-30-22-18-28(19-23-30)15-12-9-10-13-26(2)3/h16-23,26H,4-15H2,1-3H3. The molecule has 0 aliphatic heterocycles. The first-order valence-electron chi connectivity index (χ1n) is 12.4. The van der Waals surface area contributed by atoms with Crippen molar-refractivity contribution in [1.82, 2.24) is 0 Å². The molecule has 0 aliphatic carbocycles. The van der Waals surface area contributed by atoms with Gasteiger partial charge in [0.15, 0.2) is 0 Å². The van der Waals surface area contributed by atoms with E-state index in [1.165, 1.54) is 88.2 Å². The summed E-state index contributed by atoms with van der Waals surface area (Å²) in [6, 6.07) is 17.7. The highest BCUT2D eigenvalue weighted by atomic mass is 14.0. The zero-order valence-electron chi connectivity index (χ0n) is 19.7. The average molecular weight is 403 g/mol. The van der Waals surface area contributed by atoms with Crippen LogP contribution in [-0.4, -0.2) is 0 Å². The summed E-state index contributed by atoms with van der Waals surface area (Å²) in [5, 5.41) is 0. The summed E-state index contributed by atoms with van der Waals surface area (Å²) < 4.78 is 0. The number of hydrogen-bond donors (Lipinski definition) is 0. The van der Waals surface area contributed by atoms with E-state index < -0.39 is 0 Å². The van der Waals surface area contributed by atoms with E-state index in [0.29, 0.717) is 0 Å². The summed E-state index contributed by atoms with van der Waals surface area (Å²) in [5.41, 5.74) is 5.09. The first kappa shape index (κ1) is 24.3. The lowest BCUT2D eigenvalue weighted by atomic mass is 10.0. The lowest BCUT2D eigenvalue weighted by Gasteiger charge is -2.04. The van der Waals surface area contributed by atoms with E-state index in [0.717, 1.165) is 17.0 Å². The number of hydrogen-bond acceptors (Lipinski definition) is 0. The molecule has 2 aromatic carbocycles. The second kappa shape index (κ2) is 14.9. The molecule has 0 bridgehead atoms. The van der Waals surface area contributed by atoms with E-state index in [-0.39, 0.29) is 0 Å². The van der Waals surface area contributed by atoms with Gasteiger partial charge in [0.25, 0.3) is 0 Å². The highest BCUT2D eigenvalue weighted by Gasteiger charge is 1.98. The molecule has 0 radical (unpaired) electrons. The molecule has 0 nitrogen and oxygen atoms in total. The SMILES string of the molecule is CCCCCCCCc1ccc(C#Cc2ccc(CCCCCC(C)C)cc2)cc1. The van der Waals surface area contributed by atoms with Gasteiger partial charge < -0.3 is 0 Å². The molecule has 162 valence electrons. The zero-order chi connectivity index (χ0) is 21.4. The van der Waals surface area contributed by atoms with Gasteiger partial charge in [0.2, 0.25) is 0 Å². The average Bonchev–Trinajstić information content (AvgIpc) is 2.76. The molecule has 0 heterocycles. The van der Waals surface area contributed by atoms with Gasteiger partial charge in [-0.15, -0.1) is 0 Å². The van der Waals surface area contributed by atoms with Gasteiger partial charge in [-0.3, -0.25) is 0 Å². The summed E-state index contributed by atoms with van der Waals surface area (Å²) in [6.45, 7) is 6.89. The molecule has 0 spiro atoms. The van der Waals surface area contributed by atoms with Crippen LogP contribution in [0.15, 0.2) is 48.5 Å². The predicted octanol–water partition coefficient (Wildman–Crippen LogP) is 8.75. The predicted molar refractivity (Wildman–Crippen MR) is 133 cm³/mol. The Morgan fingerprint density at radius 1 is 0.567 bits per heavy atom. The summed E-state index contributed by atoms with van der Waals surface area (Å²) in [7, 11) is 0. The van der Waals surface area contributed by atoms with Crippen LogP contribution in [0.5, 0.6) is 0 Å². The Morgan fingerprint density at radius 3 is 1.47 bits per heavy atom. The molecule has 30 heavy (non-hydrogen) atoms. The van der Waals surface area contributed by atoms with Gasteiger partial charge in [0.1, 0.15) is 0 Å². The van der Waals surface area contributed by atoms with E-state index >= 15 is 0 Å². The van der Waals surface area contributed by atoms with Crippen LogP contribution in [0.25, 0.3) is 0 Å². The molecule has 2 rings (SSSR count). The van der Waals surface area contributed by atoms with E-state index in [1.54, 1.807) is 0 Å². The molecule has 0 fully saturated rings. The molecule has 0 aliphatic rings. The van der Waals surface area contributed by atoms with Gasteiger partial charge in [-0.2, -0.15) is 0 Å². The number of unbranched alkanes of at least 4 members (excludes halogenated alkanes) is 7. The fraction of sp³-hybridized carbons (Fsp3) is 0.533. The Bertz CT molecular complexity index is 737. The molecule has 2 aromatic rings. The minimum absolute atomic E-state index is 0.833. The Balaban J connectivity index is 1.72. The molecule has 0 unspecified atom stereocenters. The minimum atomic E-state index is 0.833. The van der Waals surface area contributed by atoms with Crippen molar-refractivity contribution < 1.29 is 0 Å². The third kappa shape index (κ3) is 10.7. The number of benzene rings is 2. The highest BCUT2D eigenvalue weighted by molar-refractivity contribution is 5.44. The maximum Gasteiger partial charge on any atom is 0.0249 e. The molecule has 0 saturated heterocycles. The van der Waals surface area contributed by atoms with E-state index in [4.69, 9.17) is 0 Å². The molecule has 0 heteroatoms. The van der Waals surface area contributed by atoms with Gasteiger partial charge in [-0.1, -0.05) is 108 Å². The van der Waals surface area contributed by atoms with Gasteiger partial charge in [0, 0.05) is 11.1 Å². The summed E-state index contributed by atoms with van der Waals surface area (Å²) in [6.07, 6.45) is 15.9. The van der Waals surface area contributed by atoms with Crippen LogP contribution in [0.2, 0.25) is 0 Å². The Hall–Kier alpha value is -2.00. The fourth-order valence-corrected chi connectivity index (χ4v) is 3.82. The van der Waals surface area contributed by atoms with Crippen molar-refractivity contribution in [2.45, 2.75) is 97.8 Å². The van der Waals surface area contributed by atoms with Crippen LogP contribution in [0.3, 0.4) is 0 Å². The van der Waals surface area contributed by atoms with Crippen molar-refractivity contribution in [3.63, 3.8) is 0 Å². The first-order chi connectivity index (χ1) is 14.7. The van der Waals surface area contributed by atoms with Crippen LogP contribution < -0.4 is 0 Å². The number of rotatable bonds is 13. The monoisotopic (exact) mass is 402 g/mol. The fourth-order valence-electron chi connectivity index (χ4n) is 3.82. The molecular formula is C30H42. The Kier molecular flexibility index (Phi) is 12.1. The van der Waals surface area contributed by atoms with Crippen molar-refractivity contribution >= 4 is 0 Å². The van der Waals surface area contributed by atoms with Gasteiger partial charge in [-0.25, -0.2) is 0 Å². The van der Waals surface area contributed by atoms with Gasteiger partial charge >= 0.3 is 0 Å². The third-order valence-electron chi connectivity index (χ3n) is 5.82. The normalized spacial score (nSPS) is 10.8. The van der Waals surface area contributed by atoms with Crippen LogP contribution in [0, 0.1) is 17.8 Å². The molecule has 0 aromatic heterocycles. The lowest BCUT2D eigenvalue weighted by molar-refractivity contribution is 0.527. The van der Waals surface area contributed by atoms with Crippen molar-refractivity contribution in [3.8, 4) is 11.8 Å². The number of aryl methyl sites for hydroxylation is 2. The van der Waals surface area contributed by atoms with Crippen molar-refractivity contribution in [1.29, 1.82) is 0 Å². The summed E-state index contributed by atoms with van der Waals surface area (Å²) in [4.78, 5) is 0. The Labute approximate surface area is 186 Å². The van der Waals surface area contributed by atoms with Crippen molar-refractivity contribution in [3.05, 3.63) is 70.8 Å². The van der Waals surface area contributed by atoms with Crippen molar-refractivity contribution in [2.24, 2.45) is 5.92 Å². The van der Waals surface area contributed by atoms with Gasteiger partial charge in [0.05, 0.1) is 0 Å². The van der Waals surface area contributed by atoms with E-state index in [9.17, 15) is 0 Å². The second-order valence-electron chi connectivity index (χ2n) is 9.15. The molecule has 0 amide bonds. The lowest BCUT2D eigenvalue weighted by Crippen LogP contribution is -1.90. The largest absolute Gasteiger partial charge is 0.0654 e. The van der Waals surface area contributed by atoms with Gasteiger partial charge in [-0.05, 0) is 67.0 Å². The molecular weight excluding hydrogens is 360 g/mol. The zero-order valence-corrected chi connectivity index (χ0v) is 19.7. The van der Waals surface area contributed by atoms with Crippen molar-refractivity contribution in [2.75, 3.05) is 0 Å². The highest BCUT2D eigenvalue weighted by Crippen LogP contribution is 2.13. The quantitative estimate of drug-likeness (QED) is 0.232. The maximum atomic E-state index is 3.32. The minimum Gasteiger partial charge on any atom is -0.0654 e. The first-order valence-corrected chi connectivity index (χ1v) is 12.4. The second-order valence-corrected chi connectivity index (χ2v) is 9.15. The van der Waals surface area contributed by atoms with E-state index in [1.807, 2.05) is 0 Å². The van der Waals surface area contributed by atoms with Crippen LogP contribution >= 0.6 is 0 Å². The molecule has 0 saturated carbocycles. The van der Waals surface area contributed by atoms with Crippen LogP contribution in [-0.2, 0) is 12.8 Å². The molecule has 0 N–H and O–H groups in total. The maximum absolute atomic E-state index is 3.32. The smallest absolute Gasteiger partial charge is 0.0249 e. The summed E-state index contributed by atoms with van der Waals surface area (Å²) >= 11 is 0. The van der Waals surface area contributed by atoms with Crippen LogP contribution in [0.4, 0.5) is 0 Å². The van der Waals surface area contributed by atoms with Crippen LogP contribution in [0.1, 0.15) is 107 Å². The molecule has 0 atom stereocenters.